The Morgan fingerprint density at radius 1 is 1.55 bits per heavy atom. The Kier molecular flexibility index (Phi) is 5.32. The van der Waals surface area contributed by atoms with Crippen molar-refractivity contribution in [1.29, 1.82) is 0 Å². The van der Waals surface area contributed by atoms with Crippen LogP contribution in [-0.4, -0.2) is 59.7 Å². The topological polar surface area (TPSA) is 105 Å². The lowest BCUT2D eigenvalue weighted by Gasteiger charge is -2.35. The summed E-state index contributed by atoms with van der Waals surface area (Å²) in [7, 11) is 10.4. The molecule has 3 atom stereocenters. The highest BCUT2D eigenvalue weighted by atomic mass is 19.1. The zero-order valence-corrected chi connectivity index (χ0v) is 10.7. The molecule has 106 valence electrons. The Balaban J connectivity index is 3.07. The SMILES string of the molecule is [B]C([B])(O)C(O[C@H](CF)n1ccc(=O)[nH]c1=O)[C@H](C)O. The zero-order chi connectivity index (χ0) is 15.5. The molecule has 3 N–H and O–H groups in total. The fraction of sp³-hybridized carbons (Fsp3) is 0.600. The largest absolute Gasteiger partial charge is 0.406 e. The van der Waals surface area contributed by atoms with Crippen molar-refractivity contribution in [2.24, 2.45) is 0 Å². The zero-order valence-electron chi connectivity index (χ0n) is 10.7. The first kappa shape index (κ1) is 16.7. The van der Waals surface area contributed by atoms with Gasteiger partial charge in [0.15, 0.2) is 6.23 Å². The maximum atomic E-state index is 13.0. The lowest BCUT2D eigenvalue weighted by Crippen LogP contribution is -2.52. The third-order valence-corrected chi connectivity index (χ3v) is 2.49. The highest BCUT2D eigenvalue weighted by Crippen LogP contribution is 2.18. The van der Waals surface area contributed by atoms with Crippen molar-refractivity contribution < 1.29 is 19.3 Å². The fourth-order valence-corrected chi connectivity index (χ4v) is 1.61. The van der Waals surface area contributed by atoms with Crippen molar-refractivity contribution >= 4 is 15.7 Å². The van der Waals surface area contributed by atoms with E-state index in [1.807, 2.05) is 4.98 Å². The quantitative estimate of drug-likeness (QED) is 0.511. The number of ether oxygens (including phenoxy) is 1. The summed E-state index contributed by atoms with van der Waals surface area (Å²) in [4.78, 5) is 24.3. The molecule has 0 saturated heterocycles. The predicted octanol–water partition coefficient (Wildman–Crippen LogP) is -2.25. The molecule has 10 heteroatoms. The van der Waals surface area contributed by atoms with E-state index in [1.165, 1.54) is 6.92 Å². The number of rotatable bonds is 6. The second-order valence-electron chi connectivity index (χ2n) is 4.31. The molecular formula is C10H13B2FN2O5. The van der Waals surface area contributed by atoms with Crippen LogP contribution < -0.4 is 11.2 Å². The second-order valence-corrected chi connectivity index (χ2v) is 4.31. The van der Waals surface area contributed by atoms with Crippen LogP contribution in [0, 0.1) is 0 Å². The van der Waals surface area contributed by atoms with Crippen LogP contribution in [0.25, 0.3) is 0 Å². The van der Waals surface area contributed by atoms with E-state index in [2.05, 4.69) is 0 Å². The molecule has 1 unspecified atom stereocenters. The normalized spacial score (nSPS) is 16.6. The first-order valence-electron chi connectivity index (χ1n) is 5.68. The molecular weight excluding hydrogens is 269 g/mol. The Hall–Kier alpha value is -1.38. The number of hydrogen-bond acceptors (Lipinski definition) is 5. The lowest BCUT2D eigenvalue weighted by atomic mass is 9.61. The number of halogens is 1. The molecule has 1 aromatic rings. The van der Waals surface area contributed by atoms with E-state index in [9.17, 15) is 24.2 Å². The number of alkyl halides is 1. The van der Waals surface area contributed by atoms with Crippen molar-refractivity contribution in [3.8, 4) is 0 Å². The van der Waals surface area contributed by atoms with E-state index in [1.54, 1.807) is 0 Å². The van der Waals surface area contributed by atoms with E-state index >= 15 is 0 Å². The summed E-state index contributed by atoms with van der Waals surface area (Å²) in [6.45, 7) is 0.0472. The number of H-pyrrole nitrogens is 1. The number of aromatic amines is 1. The van der Waals surface area contributed by atoms with E-state index in [-0.39, 0.29) is 0 Å². The number of aromatic nitrogens is 2. The van der Waals surface area contributed by atoms with Crippen LogP contribution in [0.5, 0.6) is 0 Å². The highest BCUT2D eigenvalue weighted by Gasteiger charge is 2.33. The van der Waals surface area contributed by atoms with Crippen molar-refractivity contribution in [2.45, 2.75) is 30.8 Å². The van der Waals surface area contributed by atoms with E-state index in [4.69, 9.17) is 20.4 Å². The van der Waals surface area contributed by atoms with Crippen LogP contribution in [0.15, 0.2) is 21.9 Å². The number of aliphatic hydroxyl groups is 2. The standard InChI is InChI=1S/C10H13B2FN2O5/c1-5(16)8(10(11,12)19)20-7(4-13)15-3-2-6(17)14-9(15)18/h2-3,5,7-8,16,19H,4H2,1H3,(H,14,17,18)/t5-,7+,8?/m0/s1. The van der Waals surface area contributed by atoms with Crippen LogP contribution >= 0.6 is 0 Å². The van der Waals surface area contributed by atoms with Crippen molar-refractivity contribution in [3.05, 3.63) is 33.1 Å². The molecule has 0 amide bonds. The van der Waals surface area contributed by atoms with E-state index in [0.717, 1.165) is 16.8 Å². The van der Waals surface area contributed by atoms with Gasteiger partial charge in [0, 0.05) is 17.7 Å². The van der Waals surface area contributed by atoms with E-state index < -0.39 is 41.8 Å². The Morgan fingerprint density at radius 3 is 2.55 bits per heavy atom. The van der Waals surface area contributed by atoms with Crippen LogP contribution in [0.4, 0.5) is 4.39 Å². The molecule has 1 aromatic heterocycles. The van der Waals surface area contributed by atoms with Gasteiger partial charge in [-0.3, -0.25) is 14.3 Å². The molecule has 0 bridgehead atoms. The number of nitrogens with one attached hydrogen (secondary N) is 1. The monoisotopic (exact) mass is 282 g/mol. The third kappa shape index (κ3) is 4.06. The van der Waals surface area contributed by atoms with Gasteiger partial charge in [0.05, 0.1) is 12.2 Å². The van der Waals surface area contributed by atoms with Crippen molar-refractivity contribution in [1.82, 2.24) is 9.55 Å². The van der Waals surface area contributed by atoms with Crippen molar-refractivity contribution in [2.75, 3.05) is 6.67 Å². The van der Waals surface area contributed by atoms with Crippen molar-refractivity contribution in [3.63, 3.8) is 0 Å². The first-order valence-corrected chi connectivity index (χ1v) is 5.68. The molecule has 0 aliphatic rings. The van der Waals surface area contributed by atoms with Crippen LogP contribution in [0.3, 0.4) is 0 Å². The molecule has 0 saturated carbocycles. The smallest absolute Gasteiger partial charge is 0.330 e. The molecule has 0 spiro atoms. The first-order chi connectivity index (χ1) is 9.16. The molecule has 0 aromatic carbocycles. The van der Waals surface area contributed by atoms with Gasteiger partial charge in [-0.2, -0.15) is 0 Å². The van der Waals surface area contributed by atoms with Gasteiger partial charge in [-0.25, -0.2) is 9.18 Å². The van der Waals surface area contributed by atoms with Crippen LogP contribution in [-0.2, 0) is 4.74 Å². The van der Waals surface area contributed by atoms with Gasteiger partial charge < -0.3 is 14.9 Å². The molecule has 0 aliphatic carbocycles. The molecule has 4 radical (unpaired) electrons. The average Bonchev–Trinajstić information content (AvgIpc) is 2.29. The summed E-state index contributed by atoms with van der Waals surface area (Å²) in [5.41, 5.74) is -1.58. The summed E-state index contributed by atoms with van der Waals surface area (Å²) < 4.78 is 18.8. The minimum absolute atomic E-state index is 0.662. The van der Waals surface area contributed by atoms with Gasteiger partial charge in [0.25, 0.3) is 5.56 Å². The van der Waals surface area contributed by atoms with Gasteiger partial charge in [0.1, 0.15) is 22.4 Å². The number of aliphatic hydroxyl groups excluding tert-OH is 1. The average molecular weight is 282 g/mol. The molecule has 0 aliphatic heterocycles. The Morgan fingerprint density at radius 2 is 2.15 bits per heavy atom. The highest BCUT2D eigenvalue weighted by molar-refractivity contribution is 6.39. The second kappa shape index (κ2) is 6.38. The van der Waals surface area contributed by atoms with Crippen LogP contribution in [0.1, 0.15) is 13.2 Å². The van der Waals surface area contributed by atoms with Crippen LogP contribution in [0.2, 0.25) is 0 Å². The summed E-state index contributed by atoms with van der Waals surface area (Å²) in [6.07, 6.45) is -3.39. The molecule has 1 rings (SSSR count). The Labute approximate surface area is 116 Å². The Bertz CT molecular complexity index is 554. The third-order valence-electron chi connectivity index (χ3n) is 2.49. The molecule has 1 heterocycles. The maximum Gasteiger partial charge on any atom is 0.330 e. The lowest BCUT2D eigenvalue weighted by molar-refractivity contribution is -0.145. The predicted molar refractivity (Wildman–Crippen MR) is 69.3 cm³/mol. The summed E-state index contributed by atoms with van der Waals surface area (Å²) in [5, 5.41) is 16.5. The molecule has 20 heavy (non-hydrogen) atoms. The van der Waals surface area contributed by atoms with Gasteiger partial charge in [-0.1, -0.05) is 0 Å². The summed E-state index contributed by atoms with van der Waals surface area (Å²) >= 11 is 0. The summed E-state index contributed by atoms with van der Waals surface area (Å²) in [5.74, 6) is 0. The maximum absolute atomic E-state index is 13.0. The van der Waals surface area contributed by atoms with Gasteiger partial charge in [0.2, 0.25) is 0 Å². The van der Waals surface area contributed by atoms with Gasteiger partial charge in [-0.15, -0.1) is 0 Å². The fourth-order valence-electron chi connectivity index (χ4n) is 1.61. The van der Waals surface area contributed by atoms with E-state index in [0.29, 0.717) is 0 Å². The molecule has 7 nitrogen and oxygen atoms in total. The van der Waals surface area contributed by atoms with Gasteiger partial charge in [-0.05, 0) is 6.92 Å². The number of hydrogen-bond donors (Lipinski definition) is 3. The van der Waals surface area contributed by atoms with Gasteiger partial charge >= 0.3 is 5.69 Å². The minimum atomic E-state index is -2.44. The molecule has 0 fully saturated rings. The summed E-state index contributed by atoms with van der Waals surface area (Å²) in [6, 6.07) is 0.988. The minimum Gasteiger partial charge on any atom is -0.406 e. The number of nitrogens with zero attached hydrogens (tertiary/aromatic N) is 1.